The summed E-state index contributed by atoms with van der Waals surface area (Å²) in [5.41, 5.74) is 5.36. The molecule has 0 saturated heterocycles. The van der Waals surface area contributed by atoms with E-state index in [1.165, 1.54) is 6.07 Å². The van der Waals surface area contributed by atoms with Crippen molar-refractivity contribution in [2.45, 2.75) is 19.9 Å². The van der Waals surface area contributed by atoms with E-state index < -0.39 is 0 Å². The molecule has 0 radical (unpaired) electrons. The summed E-state index contributed by atoms with van der Waals surface area (Å²) in [5.74, 6) is 0.697. The minimum atomic E-state index is -0.182. The van der Waals surface area contributed by atoms with E-state index in [-0.39, 0.29) is 5.82 Å². The lowest BCUT2D eigenvalue weighted by Gasteiger charge is -2.37. The van der Waals surface area contributed by atoms with Crippen molar-refractivity contribution in [2.75, 3.05) is 16.6 Å². The number of anilines is 2. The van der Waals surface area contributed by atoms with Crippen LogP contribution in [0.2, 0.25) is 0 Å². The third-order valence-electron chi connectivity index (χ3n) is 4.73. The average molecular weight is 307 g/mol. The highest BCUT2D eigenvalue weighted by Gasteiger charge is 2.36. The fourth-order valence-electron chi connectivity index (χ4n) is 3.61. The van der Waals surface area contributed by atoms with Gasteiger partial charge in [-0.1, -0.05) is 12.1 Å². The van der Waals surface area contributed by atoms with E-state index in [1.54, 1.807) is 18.5 Å². The number of hydrogen-bond donors (Lipinski definition) is 0. The summed E-state index contributed by atoms with van der Waals surface area (Å²) in [7, 11) is 0. The Morgan fingerprint density at radius 3 is 2.91 bits per heavy atom. The number of pyridine rings is 1. The van der Waals surface area contributed by atoms with E-state index >= 15 is 0 Å². The van der Waals surface area contributed by atoms with Crippen LogP contribution in [-0.2, 0) is 13.0 Å². The van der Waals surface area contributed by atoms with Gasteiger partial charge in [-0.25, -0.2) is 14.4 Å². The monoisotopic (exact) mass is 307 g/mol. The summed E-state index contributed by atoms with van der Waals surface area (Å²) in [6, 6.07) is 5.29. The minimum Gasteiger partial charge on any atom is -0.276 e. The maximum Gasteiger partial charge on any atom is 0.180 e. The molecule has 0 bridgehead atoms. The van der Waals surface area contributed by atoms with Crippen LogP contribution >= 0.6 is 0 Å². The SMILES string of the molecule is Cc1c2c(nc3nccnc13)N1CCc3cccc(F)c3N1C2. The lowest BCUT2D eigenvalue weighted by molar-refractivity contribution is 0.599. The van der Waals surface area contributed by atoms with E-state index in [0.717, 1.165) is 41.0 Å². The van der Waals surface area contributed by atoms with Gasteiger partial charge in [0.05, 0.1) is 12.2 Å². The molecular formula is C17H14FN5. The number of halogens is 1. The predicted octanol–water partition coefficient (Wildman–Crippen LogP) is 2.77. The predicted molar refractivity (Wildman–Crippen MR) is 85.7 cm³/mol. The molecule has 2 aromatic heterocycles. The first kappa shape index (κ1) is 12.8. The van der Waals surface area contributed by atoms with Gasteiger partial charge in [0, 0.05) is 24.5 Å². The normalized spacial score (nSPS) is 15.6. The molecule has 0 fully saturated rings. The molecule has 0 saturated carbocycles. The molecule has 0 unspecified atom stereocenters. The lowest BCUT2D eigenvalue weighted by Crippen LogP contribution is -2.43. The van der Waals surface area contributed by atoms with Gasteiger partial charge in [0.2, 0.25) is 0 Å². The van der Waals surface area contributed by atoms with Crippen molar-refractivity contribution in [2.24, 2.45) is 0 Å². The molecule has 23 heavy (non-hydrogen) atoms. The smallest absolute Gasteiger partial charge is 0.180 e. The van der Waals surface area contributed by atoms with Crippen molar-refractivity contribution in [3.8, 4) is 0 Å². The van der Waals surface area contributed by atoms with Gasteiger partial charge in [-0.2, -0.15) is 0 Å². The number of para-hydroxylation sites is 1. The molecule has 0 spiro atoms. The third kappa shape index (κ3) is 1.63. The molecule has 0 aliphatic carbocycles. The number of aromatic nitrogens is 3. The highest BCUT2D eigenvalue weighted by molar-refractivity contribution is 5.82. The summed E-state index contributed by atoms with van der Waals surface area (Å²) in [6.07, 6.45) is 4.14. The zero-order valence-electron chi connectivity index (χ0n) is 12.6. The Hall–Kier alpha value is -2.76. The third-order valence-corrected chi connectivity index (χ3v) is 4.73. The zero-order chi connectivity index (χ0) is 15.6. The summed E-state index contributed by atoms with van der Waals surface area (Å²) < 4.78 is 14.4. The van der Waals surface area contributed by atoms with Crippen molar-refractivity contribution in [1.82, 2.24) is 15.0 Å². The molecule has 5 rings (SSSR count). The van der Waals surface area contributed by atoms with Gasteiger partial charge in [-0.15, -0.1) is 0 Å². The first-order valence-corrected chi connectivity index (χ1v) is 7.66. The molecule has 0 N–H and O–H groups in total. The Morgan fingerprint density at radius 2 is 2.00 bits per heavy atom. The second kappa shape index (κ2) is 4.38. The number of aryl methyl sites for hydroxylation is 1. The molecule has 4 heterocycles. The van der Waals surface area contributed by atoms with E-state index in [1.807, 2.05) is 18.0 Å². The summed E-state index contributed by atoms with van der Waals surface area (Å²) in [6.45, 7) is 3.45. The van der Waals surface area contributed by atoms with Gasteiger partial charge in [0.1, 0.15) is 11.3 Å². The molecule has 3 aromatic rings. The lowest BCUT2D eigenvalue weighted by atomic mass is 10.1. The molecule has 5 nitrogen and oxygen atoms in total. The van der Waals surface area contributed by atoms with Crippen LogP contribution in [-0.4, -0.2) is 21.5 Å². The van der Waals surface area contributed by atoms with E-state index in [4.69, 9.17) is 4.98 Å². The maximum absolute atomic E-state index is 14.4. The van der Waals surface area contributed by atoms with Crippen molar-refractivity contribution in [3.05, 3.63) is 53.1 Å². The topological polar surface area (TPSA) is 45.2 Å². The van der Waals surface area contributed by atoms with Crippen LogP contribution < -0.4 is 10.0 Å². The van der Waals surface area contributed by atoms with E-state index in [9.17, 15) is 4.39 Å². The van der Waals surface area contributed by atoms with E-state index in [0.29, 0.717) is 17.9 Å². The van der Waals surface area contributed by atoms with E-state index in [2.05, 4.69) is 15.0 Å². The second-order valence-corrected chi connectivity index (χ2v) is 5.95. The summed E-state index contributed by atoms with van der Waals surface area (Å²) in [5, 5.41) is 4.07. The van der Waals surface area contributed by atoms with Crippen molar-refractivity contribution >= 4 is 22.7 Å². The number of nitrogens with zero attached hydrogens (tertiary/aromatic N) is 5. The van der Waals surface area contributed by atoms with Crippen LogP contribution in [0.15, 0.2) is 30.6 Å². The van der Waals surface area contributed by atoms with Gasteiger partial charge in [-0.05, 0) is 30.5 Å². The molecule has 6 heteroatoms. The summed E-state index contributed by atoms with van der Waals surface area (Å²) in [4.78, 5) is 13.4. The Bertz CT molecular complexity index is 955. The first-order valence-electron chi connectivity index (χ1n) is 7.66. The second-order valence-electron chi connectivity index (χ2n) is 5.95. The fourth-order valence-corrected chi connectivity index (χ4v) is 3.61. The Labute approximate surface area is 132 Å². The number of benzene rings is 1. The Morgan fingerprint density at radius 1 is 1.13 bits per heavy atom. The van der Waals surface area contributed by atoms with Crippen LogP contribution in [0, 0.1) is 12.7 Å². The number of fused-ring (bicyclic) bond motifs is 6. The standard InChI is InChI=1S/C17H14FN5/c1-10-12-9-23-15-11(3-2-4-13(15)18)5-8-22(23)17(12)21-16-14(10)19-6-7-20-16/h2-4,6-7H,5,8-9H2,1H3. The van der Waals surface area contributed by atoms with Crippen LogP contribution in [0.5, 0.6) is 0 Å². The van der Waals surface area contributed by atoms with Crippen LogP contribution in [0.1, 0.15) is 16.7 Å². The number of hydrogen-bond acceptors (Lipinski definition) is 5. The minimum absolute atomic E-state index is 0.182. The van der Waals surface area contributed by atoms with Crippen LogP contribution in [0.3, 0.4) is 0 Å². The van der Waals surface area contributed by atoms with Gasteiger partial charge < -0.3 is 0 Å². The van der Waals surface area contributed by atoms with Gasteiger partial charge in [0.15, 0.2) is 11.5 Å². The molecule has 1 aromatic carbocycles. The molecule has 0 amide bonds. The fraction of sp³-hybridized carbons (Fsp3) is 0.235. The van der Waals surface area contributed by atoms with Crippen molar-refractivity contribution < 1.29 is 4.39 Å². The Kier molecular flexibility index (Phi) is 2.43. The Balaban J connectivity index is 1.74. The molecule has 0 atom stereocenters. The number of hydrazine groups is 1. The van der Waals surface area contributed by atoms with Crippen molar-refractivity contribution in [3.63, 3.8) is 0 Å². The summed E-state index contributed by atoms with van der Waals surface area (Å²) >= 11 is 0. The molecular weight excluding hydrogens is 293 g/mol. The van der Waals surface area contributed by atoms with Gasteiger partial charge in [0.25, 0.3) is 0 Å². The van der Waals surface area contributed by atoms with Crippen LogP contribution in [0.25, 0.3) is 11.2 Å². The van der Waals surface area contributed by atoms with Crippen LogP contribution in [0.4, 0.5) is 15.9 Å². The molecule has 2 aliphatic heterocycles. The maximum atomic E-state index is 14.4. The largest absolute Gasteiger partial charge is 0.276 e. The quantitative estimate of drug-likeness (QED) is 0.639. The average Bonchev–Trinajstić information content (AvgIpc) is 2.94. The zero-order valence-corrected chi connectivity index (χ0v) is 12.6. The number of rotatable bonds is 0. The molecule has 114 valence electrons. The molecule has 2 aliphatic rings. The van der Waals surface area contributed by atoms with Gasteiger partial charge >= 0.3 is 0 Å². The first-order chi connectivity index (χ1) is 11.2. The highest BCUT2D eigenvalue weighted by Crippen LogP contribution is 2.41. The van der Waals surface area contributed by atoms with Gasteiger partial charge in [-0.3, -0.25) is 15.0 Å². The highest BCUT2D eigenvalue weighted by atomic mass is 19.1. The van der Waals surface area contributed by atoms with Crippen molar-refractivity contribution in [1.29, 1.82) is 0 Å².